The first kappa shape index (κ1) is 60.2. The Morgan fingerprint density at radius 3 is 1.40 bits per heavy atom. The van der Waals surface area contributed by atoms with E-state index >= 15 is 0 Å². The molecule has 0 aromatic heterocycles. The number of amides is 1. The Balaban J connectivity index is 0.000000446. The lowest BCUT2D eigenvalue weighted by Gasteiger charge is -2.34. The molecule has 0 unspecified atom stereocenters. The van der Waals surface area contributed by atoms with E-state index in [-0.39, 0.29) is 49.6 Å². The minimum absolute atomic E-state index is 0.0256. The Morgan fingerprint density at radius 2 is 1.04 bits per heavy atom. The topological polar surface area (TPSA) is 237 Å². The van der Waals surface area contributed by atoms with Crippen LogP contribution in [0, 0.1) is 0 Å². The van der Waals surface area contributed by atoms with Crippen molar-refractivity contribution in [1.29, 1.82) is 0 Å². The first-order chi connectivity index (χ1) is 30.8. The van der Waals surface area contributed by atoms with Crippen LogP contribution in [-0.2, 0) is 38.1 Å². The van der Waals surface area contributed by atoms with Gasteiger partial charge in [-0.05, 0) is 121 Å². The van der Waals surface area contributed by atoms with Gasteiger partial charge >= 0.3 is 18.0 Å². The van der Waals surface area contributed by atoms with Crippen molar-refractivity contribution in [3.8, 4) is 0 Å². The van der Waals surface area contributed by atoms with E-state index in [2.05, 4.69) is 5.32 Å². The van der Waals surface area contributed by atoms with Gasteiger partial charge in [0.1, 0.15) is 46.2 Å². The predicted octanol–water partition coefficient (Wildman–Crippen LogP) is 6.84. The Hall–Kier alpha value is -4.78. The molecule has 16 heteroatoms. The monoisotopic (exact) mass is 942 g/mol. The number of nitrogens with zero attached hydrogens (tertiary/aromatic N) is 1. The predicted molar refractivity (Wildman–Crippen MR) is 256 cm³/mol. The summed E-state index contributed by atoms with van der Waals surface area (Å²) in [5.74, 6) is -1.74. The zero-order chi connectivity index (χ0) is 51.6. The number of carbonyl (C=O) groups excluding carboxylic acids is 4. The molecule has 376 valence electrons. The van der Waals surface area contributed by atoms with E-state index in [0.717, 1.165) is 16.7 Å². The molecule has 16 nitrogen and oxygen atoms in total. The van der Waals surface area contributed by atoms with Gasteiger partial charge in [0.15, 0.2) is 0 Å². The molecule has 5 rings (SSSR count). The molecule has 3 aromatic carbocycles. The molecule has 2 aliphatic heterocycles. The highest BCUT2D eigenvalue weighted by Crippen LogP contribution is 2.41. The summed E-state index contributed by atoms with van der Waals surface area (Å²) in [7, 11) is 0. The first-order valence-corrected chi connectivity index (χ1v) is 22.3. The fourth-order valence-electron chi connectivity index (χ4n) is 6.43. The van der Waals surface area contributed by atoms with Crippen molar-refractivity contribution >= 4 is 23.8 Å². The summed E-state index contributed by atoms with van der Waals surface area (Å²) in [6.45, 7) is 25.9. The average Bonchev–Trinajstić information content (AvgIpc) is 3.70. The summed E-state index contributed by atoms with van der Waals surface area (Å²) in [6, 6.07) is 27.6. The van der Waals surface area contributed by atoms with Gasteiger partial charge in [0.2, 0.25) is 0 Å². The summed E-state index contributed by atoms with van der Waals surface area (Å²) in [4.78, 5) is 45.8. The van der Waals surface area contributed by atoms with Crippen LogP contribution >= 0.6 is 0 Å². The maximum absolute atomic E-state index is 12.5. The molecule has 0 saturated carbocycles. The van der Waals surface area contributed by atoms with Crippen LogP contribution in [0.4, 0.5) is 4.79 Å². The molecule has 0 aliphatic carbocycles. The third kappa shape index (κ3) is 22.7. The Bertz CT molecular complexity index is 1900. The van der Waals surface area contributed by atoms with E-state index in [1.54, 1.807) is 53.7 Å². The highest BCUT2D eigenvalue weighted by Gasteiger charge is 2.51. The normalized spacial score (nSPS) is 20.3. The number of aliphatic hydroxyl groups is 4. The minimum atomic E-state index is -0.951. The van der Waals surface area contributed by atoms with Gasteiger partial charge in [-0.2, -0.15) is 0 Å². The van der Waals surface area contributed by atoms with Gasteiger partial charge in [-0.15, -0.1) is 0 Å². The van der Waals surface area contributed by atoms with Crippen molar-refractivity contribution in [2.24, 2.45) is 5.73 Å². The molecule has 0 radical (unpaired) electrons. The quantitative estimate of drug-likeness (QED) is 0.0808. The number of hydrogen-bond donors (Lipinski definition) is 6. The Kier molecular flexibility index (Phi) is 24.0. The molecular formula is C51H79N3O13. The van der Waals surface area contributed by atoms with Gasteiger partial charge in [-0.1, -0.05) is 91.0 Å². The lowest BCUT2D eigenvalue weighted by atomic mass is 10.0. The van der Waals surface area contributed by atoms with E-state index < -0.39 is 58.7 Å². The fraction of sp³-hybridized carbons (Fsp3) is 0.569. The summed E-state index contributed by atoms with van der Waals surface area (Å²) in [6.07, 6.45) is -1.70. The highest BCUT2D eigenvalue weighted by molar-refractivity contribution is 6.29. The second-order valence-corrected chi connectivity index (χ2v) is 20.0. The molecule has 2 heterocycles. The third-order valence-corrected chi connectivity index (χ3v) is 8.95. The number of nitrogens with two attached hydrogens (primary N) is 1. The highest BCUT2D eigenvalue weighted by atomic mass is 16.6. The molecule has 0 bridgehead atoms. The molecular weight excluding hydrogens is 863 g/mol. The maximum atomic E-state index is 12.5. The fourth-order valence-corrected chi connectivity index (χ4v) is 6.43. The van der Waals surface area contributed by atoms with Crippen molar-refractivity contribution < 1.29 is 63.3 Å². The van der Waals surface area contributed by atoms with E-state index in [4.69, 9.17) is 34.5 Å². The number of ketones is 1. The largest absolute Gasteiger partial charge is 0.452 e. The number of benzene rings is 3. The van der Waals surface area contributed by atoms with Crippen LogP contribution in [0.2, 0.25) is 0 Å². The summed E-state index contributed by atoms with van der Waals surface area (Å²) >= 11 is 0. The molecule has 2 fully saturated rings. The maximum Gasteiger partial charge on any atom is 0.418 e. The molecule has 6 atom stereocenters. The number of ether oxygens (including phenoxy) is 5. The van der Waals surface area contributed by atoms with Gasteiger partial charge in [0.05, 0.1) is 44.1 Å². The first-order valence-electron chi connectivity index (χ1n) is 22.3. The van der Waals surface area contributed by atoms with E-state index in [9.17, 15) is 34.5 Å². The number of hydrogen-bond acceptors (Lipinski definition) is 15. The number of Topliss-reactive ketones (excluding diaryl/α,β-unsaturated/α-hetero) is 1. The molecule has 7 N–H and O–H groups in total. The zero-order valence-electron chi connectivity index (χ0n) is 42.2. The zero-order valence-corrected chi connectivity index (χ0v) is 42.2. The minimum Gasteiger partial charge on any atom is -0.452 e. The Labute approximate surface area is 398 Å². The van der Waals surface area contributed by atoms with E-state index in [0.29, 0.717) is 0 Å². The average molecular weight is 942 g/mol. The van der Waals surface area contributed by atoms with Gasteiger partial charge in [-0.25, -0.2) is 14.4 Å². The van der Waals surface area contributed by atoms with Crippen LogP contribution in [0.5, 0.6) is 0 Å². The number of aliphatic hydroxyl groups excluding tert-OH is 4. The Morgan fingerprint density at radius 1 is 0.657 bits per heavy atom. The second kappa shape index (κ2) is 26.7. The molecule has 3 aromatic rings. The standard InChI is InChI=1S/C17H25NO4.C12H17NO2.C10H18O4.C9H13NO2.C3H6O/c1-16(2,3)22-15(20)18-13(11-19)14(21-17(18,4)5)12-9-7-6-8-10-12;1-12(2)13-10(8-14)11(15-12)9-6-4-3-5-7-9;1-9(2,3)13-7(11)8(12)14-10(4,5)6;10-8(6-11)9(12)7-4-2-1-3-5-7;1-3(2)4/h6-10,13-14,19H,11H2,1-5H3;3-7,10-11,13-14H,8H2,1-2H3;1-6H3;1-5,8-9,11-12H,6,10H2;1-2H3/t13-,14-;10-,11-;;8-,9-;/m11.1./s1. The SMILES string of the molecule is CC(C)(C)OC(=O)C(=O)OC(C)(C)C.CC(C)(C)OC(=O)N1[C@H](CO)[C@@H](c2ccccc2)OC1(C)C.CC(C)=O.CC1(C)N[C@H](CO)[C@@H](c2ccccc2)O1.N[C@H](CO)[C@H](O)c1ccccc1. The second-order valence-electron chi connectivity index (χ2n) is 20.0. The van der Waals surface area contributed by atoms with Crippen molar-refractivity contribution in [3.05, 3.63) is 108 Å². The number of carbonyl (C=O) groups is 4. The van der Waals surface area contributed by atoms with E-state index in [1.165, 1.54) is 18.7 Å². The summed E-state index contributed by atoms with van der Waals surface area (Å²) in [5, 5.41) is 40.5. The van der Waals surface area contributed by atoms with Crippen LogP contribution in [0.3, 0.4) is 0 Å². The molecule has 0 spiro atoms. The summed E-state index contributed by atoms with van der Waals surface area (Å²) in [5.41, 5.74) is 5.06. The van der Waals surface area contributed by atoms with Crippen molar-refractivity contribution in [2.45, 2.75) is 169 Å². The van der Waals surface area contributed by atoms with Crippen molar-refractivity contribution in [3.63, 3.8) is 0 Å². The number of esters is 2. The van der Waals surface area contributed by atoms with Gasteiger partial charge in [-0.3, -0.25) is 10.2 Å². The smallest absolute Gasteiger partial charge is 0.418 e. The van der Waals surface area contributed by atoms with Crippen LogP contribution in [0.15, 0.2) is 91.0 Å². The molecule has 1 amide bonds. The van der Waals surface area contributed by atoms with Crippen LogP contribution in [-0.4, -0.2) is 115 Å². The van der Waals surface area contributed by atoms with Gasteiger partial charge < -0.3 is 54.6 Å². The van der Waals surface area contributed by atoms with Crippen molar-refractivity contribution in [1.82, 2.24) is 10.2 Å². The van der Waals surface area contributed by atoms with Crippen LogP contribution < -0.4 is 11.1 Å². The van der Waals surface area contributed by atoms with Crippen molar-refractivity contribution in [2.75, 3.05) is 19.8 Å². The van der Waals surface area contributed by atoms with Crippen LogP contribution in [0.1, 0.15) is 139 Å². The molecule has 67 heavy (non-hydrogen) atoms. The third-order valence-electron chi connectivity index (χ3n) is 8.95. The van der Waals surface area contributed by atoms with E-state index in [1.807, 2.05) is 127 Å². The van der Waals surface area contributed by atoms with Gasteiger partial charge in [0, 0.05) is 0 Å². The lowest BCUT2D eigenvalue weighted by molar-refractivity contribution is -0.180. The number of nitrogens with one attached hydrogen (secondary N) is 1. The van der Waals surface area contributed by atoms with Crippen LogP contribution in [0.25, 0.3) is 0 Å². The molecule has 2 saturated heterocycles. The lowest BCUT2D eigenvalue weighted by Crippen LogP contribution is -2.51. The molecule has 2 aliphatic rings. The number of rotatable bonds is 7. The summed E-state index contributed by atoms with van der Waals surface area (Å²) < 4.78 is 27.1. The van der Waals surface area contributed by atoms with Gasteiger partial charge in [0.25, 0.3) is 0 Å².